The SMILES string of the molecule is CCC(C#N)Sc1c(Cl)ccc2c1CCNCC2. The molecule has 1 aliphatic heterocycles. The number of rotatable bonds is 3. The van der Waals surface area contributed by atoms with E-state index in [1.807, 2.05) is 13.0 Å². The number of nitriles is 1. The van der Waals surface area contributed by atoms with E-state index >= 15 is 0 Å². The van der Waals surface area contributed by atoms with Crippen LogP contribution in [0.3, 0.4) is 0 Å². The minimum absolute atomic E-state index is 0.00906. The van der Waals surface area contributed by atoms with Crippen molar-refractivity contribution in [3.05, 3.63) is 28.3 Å². The Labute approximate surface area is 118 Å². The Hall–Kier alpha value is -0.690. The summed E-state index contributed by atoms with van der Waals surface area (Å²) < 4.78 is 0. The highest BCUT2D eigenvalue weighted by Gasteiger charge is 2.18. The molecule has 0 aromatic heterocycles. The lowest BCUT2D eigenvalue weighted by molar-refractivity contribution is 0.709. The molecular formula is C14H17ClN2S. The fourth-order valence-electron chi connectivity index (χ4n) is 2.18. The maximum Gasteiger partial charge on any atom is 0.0961 e. The number of nitrogens with zero attached hydrogens (tertiary/aromatic N) is 1. The van der Waals surface area contributed by atoms with Gasteiger partial charge < -0.3 is 5.32 Å². The van der Waals surface area contributed by atoms with Gasteiger partial charge in [0.2, 0.25) is 0 Å². The van der Waals surface area contributed by atoms with Crippen molar-refractivity contribution < 1.29 is 0 Å². The predicted molar refractivity (Wildman–Crippen MR) is 77.3 cm³/mol. The first-order chi connectivity index (χ1) is 8.76. The Balaban J connectivity index is 2.36. The van der Waals surface area contributed by atoms with Gasteiger partial charge in [0.15, 0.2) is 0 Å². The summed E-state index contributed by atoms with van der Waals surface area (Å²) in [7, 11) is 0. The van der Waals surface area contributed by atoms with Gasteiger partial charge in [-0.05, 0) is 49.5 Å². The normalized spacial score (nSPS) is 16.5. The lowest BCUT2D eigenvalue weighted by atomic mass is 10.0. The van der Waals surface area contributed by atoms with Gasteiger partial charge in [0, 0.05) is 4.90 Å². The molecule has 1 N–H and O–H groups in total. The number of halogens is 1. The third-order valence-electron chi connectivity index (χ3n) is 3.21. The minimum atomic E-state index is -0.00906. The Bertz CT molecular complexity index is 468. The highest BCUT2D eigenvalue weighted by atomic mass is 35.5. The van der Waals surface area contributed by atoms with Gasteiger partial charge in [0.25, 0.3) is 0 Å². The molecule has 2 rings (SSSR count). The monoisotopic (exact) mass is 280 g/mol. The van der Waals surface area contributed by atoms with Crippen LogP contribution in [0.4, 0.5) is 0 Å². The molecule has 0 saturated heterocycles. The molecule has 0 fully saturated rings. The van der Waals surface area contributed by atoms with E-state index in [4.69, 9.17) is 16.9 Å². The van der Waals surface area contributed by atoms with Crippen molar-refractivity contribution in [1.29, 1.82) is 5.26 Å². The van der Waals surface area contributed by atoms with Crippen molar-refractivity contribution in [2.45, 2.75) is 36.3 Å². The van der Waals surface area contributed by atoms with Crippen LogP contribution in [0.2, 0.25) is 5.02 Å². The molecule has 1 aromatic rings. The second kappa shape index (κ2) is 6.47. The summed E-state index contributed by atoms with van der Waals surface area (Å²) >= 11 is 7.94. The van der Waals surface area contributed by atoms with Crippen LogP contribution in [0.1, 0.15) is 24.5 Å². The first kappa shape index (κ1) is 13.7. The van der Waals surface area contributed by atoms with Gasteiger partial charge in [0.05, 0.1) is 16.3 Å². The third-order valence-corrected chi connectivity index (χ3v) is 5.06. The molecule has 1 atom stereocenters. The zero-order valence-electron chi connectivity index (χ0n) is 10.5. The summed E-state index contributed by atoms with van der Waals surface area (Å²) in [4.78, 5) is 1.12. The molecule has 0 spiro atoms. The van der Waals surface area contributed by atoms with Crippen molar-refractivity contribution in [3.63, 3.8) is 0 Å². The Morgan fingerprint density at radius 2 is 2.22 bits per heavy atom. The lowest BCUT2D eigenvalue weighted by Gasteiger charge is -2.15. The zero-order chi connectivity index (χ0) is 13.0. The van der Waals surface area contributed by atoms with E-state index in [0.717, 1.165) is 42.3 Å². The van der Waals surface area contributed by atoms with Crippen molar-refractivity contribution in [3.8, 4) is 6.07 Å². The largest absolute Gasteiger partial charge is 0.316 e. The summed E-state index contributed by atoms with van der Waals surface area (Å²) in [5, 5.41) is 13.3. The van der Waals surface area contributed by atoms with Gasteiger partial charge in [0.1, 0.15) is 0 Å². The van der Waals surface area contributed by atoms with Crippen LogP contribution in [0.5, 0.6) is 0 Å². The fraction of sp³-hybridized carbons (Fsp3) is 0.500. The average molecular weight is 281 g/mol. The Kier molecular flexibility index (Phi) is 4.94. The van der Waals surface area contributed by atoms with Gasteiger partial charge in [-0.15, -0.1) is 11.8 Å². The molecule has 0 radical (unpaired) electrons. The number of nitrogens with one attached hydrogen (secondary N) is 1. The van der Waals surface area contributed by atoms with Crippen LogP contribution < -0.4 is 5.32 Å². The van der Waals surface area contributed by atoms with E-state index in [0.29, 0.717) is 0 Å². The Morgan fingerprint density at radius 1 is 1.44 bits per heavy atom. The third kappa shape index (κ3) is 3.00. The van der Waals surface area contributed by atoms with E-state index in [1.165, 1.54) is 11.1 Å². The topological polar surface area (TPSA) is 35.8 Å². The molecule has 1 unspecified atom stereocenters. The second-order valence-electron chi connectivity index (χ2n) is 4.41. The molecule has 1 aromatic carbocycles. The molecule has 18 heavy (non-hydrogen) atoms. The molecule has 0 saturated carbocycles. The predicted octanol–water partition coefficient (Wildman–Crippen LogP) is 3.42. The first-order valence-electron chi connectivity index (χ1n) is 6.33. The van der Waals surface area contributed by atoms with Crippen molar-refractivity contribution in [2.75, 3.05) is 13.1 Å². The van der Waals surface area contributed by atoms with Crippen LogP contribution in [0, 0.1) is 11.3 Å². The standard InChI is InChI=1S/C14H17ClN2S/c1-2-11(9-16)18-14-12-6-8-17-7-5-10(12)3-4-13(14)15/h3-4,11,17H,2,5-8H2,1H3. The fourth-order valence-corrected chi connectivity index (χ4v) is 3.55. The molecule has 0 aliphatic carbocycles. The molecule has 4 heteroatoms. The molecule has 2 nitrogen and oxygen atoms in total. The summed E-state index contributed by atoms with van der Waals surface area (Å²) in [6.45, 7) is 4.05. The number of hydrogen-bond donors (Lipinski definition) is 1. The molecule has 1 heterocycles. The van der Waals surface area contributed by atoms with Crippen LogP contribution in [-0.2, 0) is 12.8 Å². The summed E-state index contributed by atoms with van der Waals surface area (Å²) in [6.07, 6.45) is 2.89. The van der Waals surface area contributed by atoms with Gasteiger partial charge >= 0.3 is 0 Å². The van der Waals surface area contributed by atoms with E-state index in [1.54, 1.807) is 11.8 Å². The smallest absolute Gasteiger partial charge is 0.0961 e. The molecule has 0 bridgehead atoms. The average Bonchev–Trinajstić information content (AvgIpc) is 2.63. The van der Waals surface area contributed by atoms with Crippen molar-refractivity contribution >= 4 is 23.4 Å². The summed E-state index contributed by atoms with van der Waals surface area (Å²) in [5.74, 6) is 0. The number of hydrogen-bond acceptors (Lipinski definition) is 3. The molecule has 0 amide bonds. The van der Waals surface area contributed by atoms with Crippen molar-refractivity contribution in [2.24, 2.45) is 0 Å². The van der Waals surface area contributed by atoms with E-state index in [2.05, 4.69) is 17.5 Å². The number of fused-ring (bicyclic) bond motifs is 1. The minimum Gasteiger partial charge on any atom is -0.316 e. The highest BCUT2D eigenvalue weighted by molar-refractivity contribution is 8.00. The van der Waals surface area contributed by atoms with Crippen LogP contribution >= 0.6 is 23.4 Å². The van der Waals surface area contributed by atoms with Gasteiger partial charge in [-0.2, -0.15) is 5.26 Å². The number of benzene rings is 1. The van der Waals surface area contributed by atoms with E-state index in [-0.39, 0.29) is 5.25 Å². The first-order valence-corrected chi connectivity index (χ1v) is 7.59. The summed E-state index contributed by atoms with van der Waals surface area (Å²) in [5.41, 5.74) is 2.71. The van der Waals surface area contributed by atoms with Crippen molar-refractivity contribution in [1.82, 2.24) is 5.32 Å². The quantitative estimate of drug-likeness (QED) is 0.862. The maximum absolute atomic E-state index is 9.11. The molecular weight excluding hydrogens is 264 g/mol. The zero-order valence-corrected chi connectivity index (χ0v) is 12.1. The van der Waals surface area contributed by atoms with Gasteiger partial charge in [-0.1, -0.05) is 24.6 Å². The van der Waals surface area contributed by atoms with Gasteiger partial charge in [-0.3, -0.25) is 0 Å². The van der Waals surface area contributed by atoms with E-state index in [9.17, 15) is 0 Å². The molecule has 96 valence electrons. The lowest BCUT2D eigenvalue weighted by Crippen LogP contribution is -2.16. The maximum atomic E-state index is 9.11. The van der Waals surface area contributed by atoms with Crippen LogP contribution in [-0.4, -0.2) is 18.3 Å². The van der Waals surface area contributed by atoms with Crippen LogP contribution in [0.25, 0.3) is 0 Å². The van der Waals surface area contributed by atoms with Crippen LogP contribution in [0.15, 0.2) is 17.0 Å². The van der Waals surface area contributed by atoms with E-state index < -0.39 is 0 Å². The van der Waals surface area contributed by atoms with Gasteiger partial charge in [-0.25, -0.2) is 0 Å². The molecule has 1 aliphatic rings. The highest BCUT2D eigenvalue weighted by Crippen LogP contribution is 2.37. The number of thioether (sulfide) groups is 1. The summed E-state index contributed by atoms with van der Waals surface area (Å²) in [6, 6.07) is 6.44. The second-order valence-corrected chi connectivity index (χ2v) is 6.03. The Morgan fingerprint density at radius 3 is 2.94 bits per heavy atom.